The molecule has 1 N–H and O–H groups in total. The number of carbonyl (C=O) groups excluding carboxylic acids is 2. The highest BCUT2D eigenvalue weighted by Gasteiger charge is 2.39. The molecule has 3 atom stereocenters. The van der Waals surface area contributed by atoms with Gasteiger partial charge in [0.1, 0.15) is 29.6 Å². The SMILES string of the molecule is C[C@H](NC(=O)OC(C)(C)C)C(=O)OC(C1CC1)[C@H](C)Oc1ccccc1. The Hall–Kier alpha value is -2.24. The van der Waals surface area contributed by atoms with Crippen LogP contribution in [0.5, 0.6) is 5.75 Å². The van der Waals surface area contributed by atoms with Crippen LogP contribution in [0.1, 0.15) is 47.5 Å². The molecule has 0 aromatic heterocycles. The lowest BCUT2D eigenvalue weighted by molar-refractivity contribution is -0.157. The van der Waals surface area contributed by atoms with Crippen LogP contribution in [0.3, 0.4) is 0 Å². The fourth-order valence-corrected chi connectivity index (χ4v) is 2.56. The molecule has 6 nitrogen and oxygen atoms in total. The molecule has 1 unspecified atom stereocenters. The van der Waals surface area contributed by atoms with E-state index in [2.05, 4.69) is 5.32 Å². The Kier molecular flexibility index (Phi) is 6.51. The number of ether oxygens (including phenoxy) is 3. The molecule has 1 aromatic carbocycles. The summed E-state index contributed by atoms with van der Waals surface area (Å²) in [5, 5.41) is 2.51. The Morgan fingerprint density at radius 2 is 1.73 bits per heavy atom. The average molecular weight is 363 g/mol. The molecule has 0 radical (unpaired) electrons. The predicted octanol–water partition coefficient (Wildman–Crippen LogP) is 3.69. The number of rotatable bonds is 7. The van der Waals surface area contributed by atoms with Crippen LogP contribution in [0.25, 0.3) is 0 Å². The lowest BCUT2D eigenvalue weighted by atomic mass is 10.1. The number of alkyl carbamates (subject to hydrolysis) is 1. The van der Waals surface area contributed by atoms with Crippen LogP contribution in [0, 0.1) is 5.92 Å². The van der Waals surface area contributed by atoms with Crippen molar-refractivity contribution in [3.8, 4) is 5.75 Å². The average Bonchev–Trinajstić information content (AvgIpc) is 3.35. The van der Waals surface area contributed by atoms with Crippen LogP contribution >= 0.6 is 0 Å². The molecule has 26 heavy (non-hydrogen) atoms. The molecular formula is C20H29NO5. The minimum absolute atomic E-state index is 0.275. The van der Waals surface area contributed by atoms with Gasteiger partial charge in [-0.1, -0.05) is 18.2 Å². The number of esters is 1. The number of benzene rings is 1. The quantitative estimate of drug-likeness (QED) is 0.748. The van der Waals surface area contributed by atoms with Crippen LogP contribution in [-0.2, 0) is 14.3 Å². The van der Waals surface area contributed by atoms with Gasteiger partial charge in [0.25, 0.3) is 0 Å². The van der Waals surface area contributed by atoms with Crippen molar-refractivity contribution in [1.82, 2.24) is 5.32 Å². The molecule has 144 valence electrons. The smallest absolute Gasteiger partial charge is 0.408 e. The van der Waals surface area contributed by atoms with Crippen molar-refractivity contribution >= 4 is 12.1 Å². The first-order chi connectivity index (χ1) is 12.2. The van der Waals surface area contributed by atoms with Gasteiger partial charge in [0, 0.05) is 0 Å². The van der Waals surface area contributed by atoms with E-state index in [0.29, 0.717) is 5.92 Å². The second kappa shape index (κ2) is 8.43. The van der Waals surface area contributed by atoms with Gasteiger partial charge in [-0.2, -0.15) is 0 Å². The summed E-state index contributed by atoms with van der Waals surface area (Å²) in [5.41, 5.74) is -0.623. The molecule has 1 aliphatic rings. The summed E-state index contributed by atoms with van der Waals surface area (Å²) < 4.78 is 16.8. The molecule has 0 heterocycles. The van der Waals surface area contributed by atoms with Crippen molar-refractivity contribution < 1.29 is 23.8 Å². The van der Waals surface area contributed by atoms with Gasteiger partial charge in [0.2, 0.25) is 0 Å². The minimum atomic E-state index is -0.796. The normalized spacial score (nSPS) is 17.6. The summed E-state index contributed by atoms with van der Waals surface area (Å²) in [7, 11) is 0. The van der Waals surface area contributed by atoms with E-state index < -0.39 is 23.7 Å². The largest absolute Gasteiger partial charge is 0.487 e. The highest BCUT2D eigenvalue weighted by Crippen LogP contribution is 2.37. The second-order valence-electron chi connectivity index (χ2n) is 7.74. The molecule has 1 aliphatic carbocycles. The van der Waals surface area contributed by atoms with E-state index in [9.17, 15) is 9.59 Å². The van der Waals surface area contributed by atoms with E-state index in [0.717, 1.165) is 18.6 Å². The van der Waals surface area contributed by atoms with Crippen molar-refractivity contribution in [1.29, 1.82) is 0 Å². The minimum Gasteiger partial charge on any atom is -0.487 e. The number of carbonyl (C=O) groups is 2. The molecule has 6 heteroatoms. The Balaban J connectivity index is 1.90. The monoisotopic (exact) mass is 363 g/mol. The summed E-state index contributed by atoms with van der Waals surface area (Å²) in [5.74, 6) is 0.546. The van der Waals surface area contributed by atoms with E-state index in [1.807, 2.05) is 37.3 Å². The van der Waals surface area contributed by atoms with Crippen molar-refractivity contribution in [2.75, 3.05) is 0 Å². The Morgan fingerprint density at radius 1 is 1.12 bits per heavy atom. The summed E-state index contributed by atoms with van der Waals surface area (Å²) >= 11 is 0. The molecule has 2 rings (SSSR count). The highest BCUT2D eigenvalue weighted by molar-refractivity contribution is 5.81. The third-order valence-corrected chi connectivity index (χ3v) is 3.95. The standard InChI is InChI=1S/C20H29NO5/c1-13(21-19(23)26-20(3,4)5)18(22)25-17(15-11-12-15)14(2)24-16-9-7-6-8-10-16/h6-10,13-15,17H,11-12H2,1-5H3,(H,21,23)/t13-,14-,17?/m0/s1. The lowest BCUT2D eigenvalue weighted by Crippen LogP contribution is -2.45. The lowest BCUT2D eigenvalue weighted by Gasteiger charge is -2.27. The van der Waals surface area contributed by atoms with Crippen molar-refractivity contribution in [2.45, 2.75) is 71.3 Å². The first-order valence-corrected chi connectivity index (χ1v) is 9.07. The zero-order chi connectivity index (χ0) is 19.3. The molecule has 1 fully saturated rings. The predicted molar refractivity (Wildman–Crippen MR) is 98.0 cm³/mol. The number of para-hydroxylation sites is 1. The van der Waals surface area contributed by atoms with Crippen LogP contribution in [0.15, 0.2) is 30.3 Å². The molecule has 1 amide bonds. The fraction of sp³-hybridized carbons (Fsp3) is 0.600. The number of hydrogen-bond acceptors (Lipinski definition) is 5. The van der Waals surface area contributed by atoms with Gasteiger partial charge in [-0.15, -0.1) is 0 Å². The zero-order valence-corrected chi connectivity index (χ0v) is 16.2. The zero-order valence-electron chi connectivity index (χ0n) is 16.2. The van der Waals surface area contributed by atoms with Gasteiger partial charge in [-0.3, -0.25) is 0 Å². The summed E-state index contributed by atoms with van der Waals surface area (Å²) in [6.07, 6.45) is 0.759. The first kappa shape index (κ1) is 20.1. The van der Waals surface area contributed by atoms with Crippen molar-refractivity contribution in [3.05, 3.63) is 30.3 Å². The van der Waals surface area contributed by atoms with E-state index in [4.69, 9.17) is 14.2 Å². The fourth-order valence-electron chi connectivity index (χ4n) is 2.56. The van der Waals surface area contributed by atoms with Gasteiger partial charge < -0.3 is 19.5 Å². The van der Waals surface area contributed by atoms with Gasteiger partial charge in [-0.05, 0) is 65.5 Å². The maximum absolute atomic E-state index is 12.4. The number of amides is 1. The van der Waals surface area contributed by atoms with E-state index in [1.165, 1.54) is 0 Å². The summed E-state index contributed by atoms with van der Waals surface area (Å²) in [6.45, 7) is 8.78. The third kappa shape index (κ3) is 6.58. The second-order valence-corrected chi connectivity index (χ2v) is 7.74. The van der Waals surface area contributed by atoms with Crippen LogP contribution < -0.4 is 10.1 Å². The molecule has 1 saturated carbocycles. The Labute approximate surface area is 155 Å². The topological polar surface area (TPSA) is 73.9 Å². The van der Waals surface area contributed by atoms with E-state index in [-0.39, 0.29) is 12.2 Å². The van der Waals surface area contributed by atoms with Crippen LogP contribution in [-0.4, -0.2) is 35.9 Å². The number of hydrogen-bond donors (Lipinski definition) is 1. The Bertz CT molecular complexity index is 606. The third-order valence-electron chi connectivity index (χ3n) is 3.95. The summed E-state index contributed by atoms with van der Waals surface area (Å²) in [4.78, 5) is 24.2. The molecule has 0 aliphatic heterocycles. The van der Waals surface area contributed by atoms with Crippen LogP contribution in [0.4, 0.5) is 4.79 Å². The van der Waals surface area contributed by atoms with Crippen LogP contribution in [0.2, 0.25) is 0 Å². The Morgan fingerprint density at radius 3 is 2.27 bits per heavy atom. The van der Waals surface area contributed by atoms with Gasteiger partial charge in [-0.25, -0.2) is 9.59 Å². The molecule has 0 saturated heterocycles. The van der Waals surface area contributed by atoms with Crippen molar-refractivity contribution in [2.24, 2.45) is 5.92 Å². The molecule has 1 aromatic rings. The van der Waals surface area contributed by atoms with Crippen molar-refractivity contribution in [3.63, 3.8) is 0 Å². The van der Waals surface area contributed by atoms with E-state index in [1.54, 1.807) is 27.7 Å². The van der Waals surface area contributed by atoms with Gasteiger partial charge in [0.05, 0.1) is 0 Å². The maximum atomic E-state index is 12.4. The maximum Gasteiger partial charge on any atom is 0.408 e. The molecular weight excluding hydrogens is 334 g/mol. The highest BCUT2D eigenvalue weighted by atomic mass is 16.6. The first-order valence-electron chi connectivity index (χ1n) is 9.07. The van der Waals surface area contributed by atoms with Gasteiger partial charge >= 0.3 is 12.1 Å². The number of nitrogens with one attached hydrogen (secondary N) is 1. The van der Waals surface area contributed by atoms with E-state index >= 15 is 0 Å². The summed E-state index contributed by atoms with van der Waals surface area (Å²) in [6, 6.07) is 8.65. The molecule has 0 spiro atoms. The molecule has 0 bridgehead atoms. The van der Waals surface area contributed by atoms with Gasteiger partial charge in [0.15, 0.2) is 0 Å².